The highest BCUT2D eigenvalue weighted by Gasteiger charge is 2.16. The molecule has 114 valence electrons. The van der Waals surface area contributed by atoms with Crippen molar-refractivity contribution in [1.82, 2.24) is 19.9 Å². The number of nitrogens with zero attached hydrogens (tertiary/aromatic N) is 3. The summed E-state index contributed by atoms with van der Waals surface area (Å²) in [7, 11) is 0. The van der Waals surface area contributed by atoms with Gasteiger partial charge in [0.25, 0.3) is 0 Å². The lowest BCUT2D eigenvalue weighted by atomic mass is 10.1. The molecule has 0 aromatic carbocycles. The second kappa shape index (κ2) is 5.51. The van der Waals surface area contributed by atoms with Gasteiger partial charge >= 0.3 is 6.03 Å². The van der Waals surface area contributed by atoms with Gasteiger partial charge in [-0.15, -0.1) is 10.2 Å². The van der Waals surface area contributed by atoms with Gasteiger partial charge in [-0.05, 0) is 39.0 Å². The Hall–Kier alpha value is -2.83. The lowest BCUT2D eigenvalue weighted by Crippen LogP contribution is -2.31. The fraction of sp³-hybridized carbons (Fsp3) is 0.267. The third-order valence-corrected chi connectivity index (χ3v) is 3.43. The Morgan fingerprint density at radius 2 is 2.14 bits per heavy atom. The number of hydrogen-bond acceptors (Lipinski definition) is 4. The van der Waals surface area contributed by atoms with E-state index in [1.165, 1.54) is 0 Å². The van der Waals surface area contributed by atoms with Crippen LogP contribution in [0.15, 0.2) is 34.9 Å². The van der Waals surface area contributed by atoms with Crippen molar-refractivity contribution in [3.8, 4) is 0 Å². The average molecular weight is 299 g/mol. The quantitative estimate of drug-likeness (QED) is 0.779. The molecule has 1 unspecified atom stereocenters. The van der Waals surface area contributed by atoms with E-state index in [9.17, 15) is 4.79 Å². The molecule has 0 fully saturated rings. The Bertz CT molecular complexity index is 820. The van der Waals surface area contributed by atoms with Crippen LogP contribution in [0, 0.1) is 13.8 Å². The molecule has 1 atom stereocenters. The number of aromatic nitrogens is 3. The fourth-order valence-electron chi connectivity index (χ4n) is 2.42. The van der Waals surface area contributed by atoms with Crippen LogP contribution in [0.25, 0.3) is 5.65 Å². The second-order valence-electron chi connectivity index (χ2n) is 5.14. The van der Waals surface area contributed by atoms with E-state index in [2.05, 4.69) is 20.8 Å². The van der Waals surface area contributed by atoms with Crippen molar-refractivity contribution < 1.29 is 9.21 Å². The van der Waals surface area contributed by atoms with Gasteiger partial charge in [0.05, 0.1) is 6.04 Å². The molecule has 7 heteroatoms. The summed E-state index contributed by atoms with van der Waals surface area (Å²) >= 11 is 0. The van der Waals surface area contributed by atoms with Gasteiger partial charge in [0, 0.05) is 11.8 Å². The third-order valence-electron chi connectivity index (χ3n) is 3.43. The number of furan rings is 1. The van der Waals surface area contributed by atoms with Crippen molar-refractivity contribution >= 4 is 17.6 Å². The van der Waals surface area contributed by atoms with E-state index >= 15 is 0 Å². The standard InChI is InChI=1S/C15H17N5O2/c1-9-8-12(11(3)22-9)10(2)16-15(21)17-14-19-18-13-6-4-5-7-20(13)14/h4-8,10H,1-3H3,(H2,16,17,19,21). The van der Waals surface area contributed by atoms with Crippen molar-refractivity contribution in [2.45, 2.75) is 26.8 Å². The number of carbonyl (C=O) groups is 1. The highest BCUT2D eigenvalue weighted by Crippen LogP contribution is 2.21. The van der Waals surface area contributed by atoms with Crippen LogP contribution in [0.4, 0.5) is 10.7 Å². The van der Waals surface area contributed by atoms with Crippen LogP contribution in [0.5, 0.6) is 0 Å². The summed E-state index contributed by atoms with van der Waals surface area (Å²) in [5.41, 5.74) is 1.63. The zero-order chi connectivity index (χ0) is 15.7. The van der Waals surface area contributed by atoms with E-state index in [-0.39, 0.29) is 12.1 Å². The summed E-state index contributed by atoms with van der Waals surface area (Å²) in [5, 5.41) is 13.5. The van der Waals surface area contributed by atoms with E-state index in [0.29, 0.717) is 11.6 Å². The van der Waals surface area contributed by atoms with Gasteiger partial charge in [0.15, 0.2) is 5.65 Å². The molecule has 0 saturated heterocycles. The predicted molar refractivity (Wildman–Crippen MR) is 81.7 cm³/mol. The molecule has 0 radical (unpaired) electrons. The first-order valence-electron chi connectivity index (χ1n) is 6.99. The largest absolute Gasteiger partial charge is 0.466 e. The Balaban J connectivity index is 1.71. The first-order chi connectivity index (χ1) is 10.5. The van der Waals surface area contributed by atoms with E-state index < -0.39 is 0 Å². The molecule has 0 aliphatic rings. The monoisotopic (exact) mass is 299 g/mol. The second-order valence-corrected chi connectivity index (χ2v) is 5.14. The van der Waals surface area contributed by atoms with Crippen LogP contribution in [0.2, 0.25) is 0 Å². The van der Waals surface area contributed by atoms with Crippen molar-refractivity contribution in [1.29, 1.82) is 0 Å². The number of hydrogen-bond donors (Lipinski definition) is 2. The summed E-state index contributed by atoms with van der Waals surface area (Å²) < 4.78 is 7.19. The highest BCUT2D eigenvalue weighted by atomic mass is 16.3. The van der Waals surface area contributed by atoms with Gasteiger partial charge < -0.3 is 9.73 Å². The predicted octanol–water partition coefficient (Wildman–Crippen LogP) is 2.82. The minimum absolute atomic E-state index is 0.170. The van der Waals surface area contributed by atoms with E-state index in [1.807, 2.05) is 45.0 Å². The molecule has 0 aliphatic carbocycles. The van der Waals surface area contributed by atoms with Crippen molar-refractivity contribution in [2.24, 2.45) is 0 Å². The number of nitrogens with one attached hydrogen (secondary N) is 2. The number of rotatable bonds is 3. The molecule has 2 N–H and O–H groups in total. The van der Waals surface area contributed by atoms with E-state index in [1.54, 1.807) is 10.6 Å². The number of carbonyl (C=O) groups excluding carboxylic acids is 1. The molecule has 0 saturated carbocycles. The first kappa shape index (κ1) is 14.1. The summed E-state index contributed by atoms with van der Waals surface area (Å²) in [4.78, 5) is 12.1. The van der Waals surface area contributed by atoms with Gasteiger partial charge in [0.2, 0.25) is 5.95 Å². The zero-order valence-electron chi connectivity index (χ0n) is 12.6. The normalized spacial score (nSPS) is 12.3. The van der Waals surface area contributed by atoms with E-state index in [4.69, 9.17) is 4.42 Å². The van der Waals surface area contributed by atoms with E-state index in [0.717, 1.165) is 17.1 Å². The maximum absolute atomic E-state index is 12.1. The molecule has 2 amide bonds. The number of amides is 2. The lowest BCUT2D eigenvalue weighted by Gasteiger charge is -2.13. The van der Waals surface area contributed by atoms with Crippen LogP contribution in [0.3, 0.4) is 0 Å². The lowest BCUT2D eigenvalue weighted by molar-refractivity contribution is 0.249. The summed E-state index contributed by atoms with van der Waals surface area (Å²) in [6.07, 6.45) is 1.79. The molecule has 0 aliphatic heterocycles. The zero-order valence-corrected chi connectivity index (χ0v) is 12.6. The molecule has 3 aromatic rings. The van der Waals surface area contributed by atoms with Crippen LogP contribution < -0.4 is 10.6 Å². The number of aryl methyl sites for hydroxylation is 2. The maximum Gasteiger partial charge on any atom is 0.322 e. The minimum atomic E-state index is -0.344. The Kier molecular flexibility index (Phi) is 3.54. The van der Waals surface area contributed by atoms with Crippen molar-refractivity contribution in [3.63, 3.8) is 0 Å². The molecule has 22 heavy (non-hydrogen) atoms. The Morgan fingerprint density at radius 3 is 2.86 bits per heavy atom. The minimum Gasteiger partial charge on any atom is -0.466 e. The smallest absolute Gasteiger partial charge is 0.322 e. The van der Waals surface area contributed by atoms with Crippen LogP contribution in [0.1, 0.15) is 30.0 Å². The Labute approximate surface area is 127 Å². The van der Waals surface area contributed by atoms with Gasteiger partial charge in [0.1, 0.15) is 11.5 Å². The average Bonchev–Trinajstić information content (AvgIpc) is 3.02. The summed E-state index contributed by atoms with van der Waals surface area (Å²) in [5.74, 6) is 2.00. The molecule has 0 bridgehead atoms. The van der Waals surface area contributed by atoms with Gasteiger partial charge in [-0.1, -0.05) is 6.07 Å². The van der Waals surface area contributed by atoms with Crippen LogP contribution in [-0.4, -0.2) is 20.6 Å². The van der Waals surface area contributed by atoms with Gasteiger partial charge in [-0.3, -0.25) is 9.72 Å². The maximum atomic E-state index is 12.1. The summed E-state index contributed by atoms with van der Waals surface area (Å²) in [6.45, 7) is 5.66. The molecule has 7 nitrogen and oxygen atoms in total. The van der Waals surface area contributed by atoms with Crippen LogP contribution in [-0.2, 0) is 0 Å². The van der Waals surface area contributed by atoms with Crippen molar-refractivity contribution in [2.75, 3.05) is 5.32 Å². The van der Waals surface area contributed by atoms with Gasteiger partial charge in [-0.2, -0.15) is 0 Å². The topological polar surface area (TPSA) is 84.5 Å². The Morgan fingerprint density at radius 1 is 1.32 bits per heavy atom. The molecule has 3 aromatic heterocycles. The van der Waals surface area contributed by atoms with Crippen molar-refractivity contribution in [3.05, 3.63) is 47.5 Å². The summed E-state index contributed by atoms with van der Waals surface area (Å²) in [6, 6.07) is 6.93. The number of urea groups is 1. The SMILES string of the molecule is Cc1cc(C(C)NC(=O)Nc2nnc3ccccn23)c(C)o1. The number of anilines is 1. The molecule has 3 rings (SSSR count). The number of fused-ring (bicyclic) bond motifs is 1. The van der Waals surface area contributed by atoms with Gasteiger partial charge in [-0.25, -0.2) is 4.79 Å². The highest BCUT2D eigenvalue weighted by molar-refractivity contribution is 5.88. The third kappa shape index (κ3) is 2.65. The fourth-order valence-corrected chi connectivity index (χ4v) is 2.42. The first-order valence-corrected chi connectivity index (χ1v) is 6.99. The molecular formula is C15H17N5O2. The number of pyridine rings is 1. The molecular weight excluding hydrogens is 282 g/mol. The van der Waals surface area contributed by atoms with Crippen LogP contribution >= 0.6 is 0 Å². The molecule has 3 heterocycles. The molecule has 0 spiro atoms.